The van der Waals surface area contributed by atoms with Crippen molar-refractivity contribution in [2.45, 2.75) is 38.3 Å². The molecule has 84 valence electrons. The van der Waals surface area contributed by atoms with E-state index in [1.165, 1.54) is 18.2 Å². The van der Waals surface area contributed by atoms with E-state index < -0.39 is 0 Å². The molecule has 0 aromatic carbocycles. The van der Waals surface area contributed by atoms with Crippen LogP contribution in [-0.4, -0.2) is 16.2 Å². The van der Waals surface area contributed by atoms with Crippen LogP contribution in [0, 0.1) is 5.92 Å². The molecular formula is C11H18N2OS. The topological polar surface area (TPSA) is 45.8 Å². The summed E-state index contributed by atoms with van der Waals surface area (Å²) in [6.07, 6.45) is 5.09. The molecule has 0 atom stereocenters. The molecule has 15 heavy (non-hydrogen) atoms. The van der Waals surface area contributed by atoms with Crippen molar-refractivity contribution in [3.8, 4) is 0 Å². The molecule has 0 aliphatic carbocycles. The average Bonchev–Trinajstić information content (AvgIpc) is 2.16. The van der Waals surface area contributed by atoms with E-state index in [0.717, 1.165) is 18.5 Å². The van der Waals surface area contributed by atoms with Crippen molar-refractivity contribution in [3.05, 3.63) is 22.1 Å². The Bertz CT molecular complexity index is 360. The lowest BCUT2D eigenvalue weighted by molar-refractivity contribution is 0.551. The van der Waals surface area contributed by atoms with Gasteiger partial charge in [0.05, 0.1) is 0 Å². The molecule has 0 radical (unpaired) electrons. The Morgan fingerprint density at radius 2 is 2.27 bits per heavy atom. The first kappa shape index (κ1) is 12.3. The Morgan fingerprint density at radius 1 is 1.53 bits per heavy atom. The van der Waals surface area contributed by atoms with Gasteiger partial charge in [0.15, 0.2) is 5.16 Å². The summed E-state index contributed by atoms with van der Waals surface area (Å²) in [6, 6.07) is 1.60. The van der Waals surface area contributed by atoms with E-state index in [0.29, 0.717) is 11.1 Å². The van der Waals surface area contributed by atoms with Crippen molar-refractivity contribution in [1.29, 1.82) is 0 Å². The number of rotatable bonds is 5. The number of hydrogen-bond acceptors (Lipinski definition) is 3. The molecule has 0 saturated carbocycles. The summed E-state index contributed by atoms with van der Waals surface area (Å²) in [6.45, 7) is 4.41. The number of hydrogen-bond donors (Lipinski definition) is 1. The minimum absolute atomic E-state index is 0.0473. The summed E-state index contributed by atoms with van der Waals surface area (Å²) in [7, 11) is 0. The molecular weight excluding hydrogens is 208 g/mol. The normalized spacial score (nSPS) is 10.9. The molecule has 0 unspecified atom stereocenters. The molecule has 3 nitrogen and oxygen atoms in total. The highest BCUT2D eigenvalue weighted by Crippen LogP contribution is 2.10. The van der Waals surface area contributed by atoms with E-state index in [4.69, 9.17) is 0 Å². The lowest BCUT2D eigenvalue weighted by atomic mass is 10.1. The van der Waals surface area contributed by atoms with E-state index in [9.17, 15) is 4.79 Å². The second kappa shape index (κ2) is 5.95. The summed E-state index contributed by atoms with van der Waals surface area (Å²) in [5.41, 5.74) is 0.859. The summed E-state index contributed by atoms with van der Waals surface area (Å²) in [5, 5.41) is 0.710. The molecule has 1 heterocycles. The number of H-pyrrole nitrogens is 1. The molecule has 1 N–H and O–H groups in total. The molecule has 1 aromatic rings. The van der Waals surface area contributed by atoms with E-state index in [1.54, 1.807) is 6.07 Å². The van der Waals surface area contributed by atoms with Crippen molar-refractivity contribution in [2.24, 2.45) is 5.92 Å². The Labute approximate surface area is 94.7 Å². The van der Waals surface area contributed by atoms with Crippen LogP contribution in [0.2, 0.25) is 0 Å². The SMILES string of the molecule is CSc1nc(CCCC(C)C)cc(=O)[nH]1. The molecule has 1 rings (SSSR count). The largest absolute Gasteiger partial charge is 0.301 e. The monoisotopic (exact) mass is 226 g/mol. The first-order valence-corrected chi connectivity index (χ1v) is 6.48. The molecule has 0 bridgehead atoms. The minimum Gasteiger partial charge on any atom is -0.301 e. The fourth-order valence-electron chi connectivity index (χ4n) is 1.40. The van der Waals surface area contributed by atoms with Gasteiger partial charge in [0, 0.05) is 11.8 Å². The van der Waals surface area contributed by atoms with Crippen LogP contribution in [0.15, 0.2) is 16.0 Å². The molecule has 0 amide bonds. The first-order chi connectivity index (χ1) is 7.11. The Hall–Kier alpha value is -0.770. The summed E-state index contributed by atoms with van der Waals surface area (Å²) < 4.78 is 0. The molecule has 0 spiro atoms. The van der Waals surface area contributed by atoms with Gasteiger partial charge in [-0.3, -0.25) is 4.79 Å². The molecule has 0 fully saturated rings. The summed E-state index contributed by atoms with van der Waals surface area (Å²) >= 11 is 1.47. The van der Waals surface area contributed by atoms with Gasteiger partial charge in [-0.2, -0.15) is 0 Å². The first-order valence-electron chi connectivity index (χ1n) is 5.26. The third-order valence-corrected chi connectivity index (χ3v) is 2.76. The lowest BCUT2D eigenvalue weighted by Crippen LogP contribution is -2.10. The molecule has 0 aliphatic rings. The van der Waals surface area contributed by atoms with Gasteiger partial charge in [-0.05, 0) is 25.0 Å². The van der Waals surface area contributed by atoms with Gasteiger partial charge in [0.25, 0.3) is 5.56 Å². The van der Waals surface area contributed by atoms with Gasteiger partial charge in [-0.25, -0.2) is 4.98 Å². The zero-order chi connectivity index (χ0) is 11.3. The fourth-order valence-corrected chi connectivity index (χ4v) is 1.81. The summed E-state index contributed by atoms with van der Waals surface area (Å²) in [5.74, 6) is 0.715. The van der Waals surface area contributed by atoms with Crippen LogP contribution in [0.25, 0.3) is 0 Å². The standard InChI is InChI=1S/C11H18N2OS/c1-8(2)5-4-6-9-7-10(14)13-11(12-9)15-3/h7-8H,4-6H2,1-3H3,(H,12,13,14). The van der Waals surface area contributed by atoms with E-state index in [1.807, 2.05) is 6.26 Å². The van der Waals surface area contributed by atoms with Crippen molar-refractivity contribution >= 4 is 11.8 Å². The van der Waals surface area contributed by atoms with Gasteiger partial charge in [0.2, 0.25) is 0 Å². The number of nitrogens with one attached hydrogen (secondary N) is 1. The summed E-state index contributed by atoms with van der Waals surface area (Å²) in [4.78, 5) is 18.3. The smallest absolute Gasteiger partial charge is 0.251 e. The highest BCUT2D eigenvalue weighted by Gasteiger charge is 2.01. The van der Waals surface area contributed by atoms with Crippen LogP contribution in [0.5, 0.6) is 0 Å². The Morgan fingerprint density at radius 3 is 2.87 bits per heavy atom. The third kappa shape index (κ3) is 4.51. The number of thioether (sulfide) groups is 1. The van der Waals surface area contributed by atoms with Crippen LogP contribution < -0.4 is 5.56 Å². The molecule has 4 heteroatoms. The van der Waals surface area contributed by atoms with E-state index >= 15 is 0 Å². The van der Waals surface area contributed by atoms with Crippen LogP contribution in [0.1, 0.15) is 32.4 Å². The van der Waals surface area contributed by atoms with Gasteiger partial charge in [-0.15, -0.1) is 0 Å². The Balaban J connectivity index is 2.60. The van der Waals surface area contributed by atoms with Gasteiger partial charge in [-0.1, -0.05) is 32.0 Å². The fraction of sp³-hybridized carbons (Fsp3) is 0.636. The minimum atomic E-state index is -0.0473. The Kier molecular flexibility index (Phi) is 4.88. The number of aryl methyl sites for hydroxylation is 1. The van der Waals surface area contributed by atoms with Crippen LogP contribution in [0.4, 0.5) is 0 Å². The van der Waals surface area contributed by atoms with Crippen molar-refractivity contribution in [1.82, 2.24) is 9.97 Å². The number of nitrogens with zero attached hydrogens (tertiary/aromatic N) is 1. The van der Waals surface area contributed by atoms with E-state index in [-0.39, 0.29) is 5.56 Å². The van der Waals surface area contributed by atoms with Crippen molar-refractivity contribution in [3.63, 3.8) is 0 Å². The zero-order valence-electron chi connectivity index (χ0n) is 9.54. The number of aromatic nitrogens is 2. The second-order valence-corrected chi connectivity index (χ2v) is 4.83. The van der Waals surface area contributed by atoms with Gasteiger partial charge < -0.3 is 4.98 Å². The predicted octanol–water partition coefficient (Wildman–Crippen LogP) is 2.47. The second-order valence-electron chi connectivity index (χ2n) is 4.03. The van der Waals surface area contributed by atoms with Gasteiger partial charge in [0.1, 0.15) is 0 Å². The maximum atomic E-state index is 11.3. The van der Waals surface area contributed by atoms with Crippen LogP contribution >= 0.6 is 11.8 Å². The zero-order valence-corrected chi connectivity index (χ0v) is 10.4. The van der Waals surface area contributed by atoms with Crippen molar-refractivity contribution in [2.75, 3.05) is 6.26 Å². The lowest BCUT2D eigenvalue weighted by Gasteiger charge is -2.04. The van der Waals surface area contributed by atoms with E-state index in [2.05, 4.69) is 23.8 Å². The van der Waals surface area contributed by atoms with Crippen molar-refractivity contribution < 1.29 is 0 Å². The highest BCUT2D eigenvalue weighted by atomic mass is 32.2. The average molecular weight is 226 g/mol. The molecule has 0 aliphatic heterocycles. The number of aromatic amines is 1. The predicted molar refractivity (Wildman–Crippen MR) is 64.4 cm³/mol. The molecule has 1 aromatic heterocycles. The molecule has 0 saturated heterocycles. The highest BCUT2D eigenvalue weighted by molar-refractivity contribution is 7.98. The maximum Gasteiger partial charge on any atom is 0.251 e. The quantitative estimate of drug-likeness (QED) is 0.619. The van der Waals surface area contributed by atoms with Gasteiger partial charge >= 0.3 is 0 Å². The maximum absolute atomic E-state index is 11.3. The third-order valence-electron chi connectivity index (χ3n) is 2.18. The van der Waals surface area contributed by atoms with Crippen LogP contribution in [-0.2, 0) is 6.42 Å². The van der Waals surface area contributed by atoms with Crippen LogP contribution in [0.3, 0.4) is 0 Å².